The van der Waals surface area contributed by atoms with Gasteiger partial charge in [0.15, 0.2) is 5.82 Å². The summed E-state index contributed by atoms with van der Waals surface area (Å²) in [4.78, 5) is 18.4. The maximum Gasteiger partial charge on any atom is 0.291 e. The minimum absolute atomic E-state index is 0.182. The second-order valence-corrected chi connectivity index (χ2v) is 6.98. The summed E-state index contributed by atoms with van der Waals surface area (Å²) in [5.74, 6) is 0.106. The first kappa shape index (κ1) is 14.2. The zero-order valence-electron chi connectivity index (χ0n) is 12.0. The number of hydrogen-bond donors (Lipinski definition) is 0. The molecule has 114 valence electrons. The lowest BCUT2D eigenvalue weighted by Crippen LogP contribution is -2.23. The predicted octanol–water partition coefficient (Wildman–Crippen LogP) is 2.87. The van der Waals surface area contributed by atoms with Crippen LogP contribution in [0.15, 0.2) is 40.5 Å². The molecule has 23 heavy (non-hydrogen) atoms. The Balaban J connectivity index is 1.84. The van der Waals surface area contributed by atoms with Crippen LogP contribution < -0.4 is 10.1 Å². The minimum Gasteiger partial charge on any atom is -0.266 e. The van der Waals surface area contributed by atoms with Crippen LogP contribution >= 0.6 is 22.7 Å². The summed E-state index contributed by atoms with van der Waals surface area (Å²) in [6.07, 6.45) is 1.88. The average Bonchev–Trinajstić information content (AvgIpc) is 3.20. The van der Waals surface area contributed by atoms with Crippen LogP contribution in [0.2, 0.25) is 0 Å². The van der Waals surface area contributed by atoms with Crippen LogP contribution in [-0.2, 0) is 0 Å². The summed E-state index contributed by atoms with van der Waals surface area (Å²) in [5, 5.41) is 6.24. The summed E-state index contributed by atoms with van der Waals surface area (Å²) in [5.41, 5.74) is 1.64. The Morgan fingerprint density at radius 2 is 2.00 bits per heavy atom. The largest absolute Gasteiger partial charge is 0.291 e. The van der Waals surface area contributed by atoms with Crippen LogP contribution in [0.1, 0.15) is 10.4 Å². The van der Waals surface area contributed by atoms with Gasteiger partial charge in [-0.2, -0.15) is 9.50 Å². The number of halogens is 1. The number of hydrogen-bond acceptors (Lipinski definition) is 5. The molecule has 7 heteroatoms. The molecule has 4 aromatic rings. The van der Waals surface area contributed by atoms with Crippen molar-refractivity contribution in [2.75, 3.05) is 0 Å². The molecule has 1 aromatic carbocycles. The van der Waals surface area contributed by atoms with E-state index in [0.717, 1.165) is 10.4 Å². The molecule has 0 unspecified atom stereocenters. The molecule has 0 fully saturated rings. The van der Waals surface area contributed by atoms with Crippen molar-refractivity contribution in [1.29, 1.82) is 0 Å². The number of aromatic nitrogens is 3. The number of thiophene rings is 1. The molecule has 4 rings (SSSR count). The van der Waals surface area contributed by atoms with E-state index in [0.29, 0.717) is 20.9 Å². The molecule has 0 spiro atoms. The summed E-state index contributed by atoms with van der Waals surface area (Å²) >= 11 is 2.90. The maximum atomic E-state index is 13.0. The predicted molar refractivity (Wildman–Crippen MR) is 90.4 cm³/mol. The Hall–Kier alpha value is -2.38. The van der Waals surface area contributed by atoms with Crippen LogP contribution in [0, 0.1) is 12.7 Å². The van der Waals surface area contributed by atoms with Gasteiger partial charge in [0.1, 0.15) is 5.82 Å². The van der Waals surface area contributed by atoms with Crippen molar-refractivity contribution < 1.29 is 4.39 Å². The minimum atomic E-state index is -0.317. The number of nitrogens with zero attached hydrogens (tertiary/aromatic N) is 3. The van der Waals surface area contributed by atoms with E-state index in [-0.39, 0.29) is 11.4 Å². The molecule has 0 amide bonds. The fourth-order valence-corrected chi connectivity index (χ4v) is 4.03. The Labute approximate surface area is 138 Å². The summed E-state index contributed by atoms with van der Waals surface area (Å²) in [7, 11) is 0. The highest BCUT2D eigenvalue weighted by atomic mass is 32.1. The van der Waals surface area contributed by atoms with E-state index in [9.17, 15) is 9.18 Å². The number of aryl methyl sites for hydroxylation is 1. The number of thiazole rings is 1. The van der Waals surface area contributed by atoms with E-state index in [1.165, 1.54) is 28.0 Å². The number of benzene rings is 1. The van der Waals surface area contributed by atoms with Gasteiger partial charge < -0.3 is 0 Å². The number of rotatable bonds is 2. The molecule has 0 saturated carbocycles. The van der Waals surface area contributed by atoms with Gasteiger partial charge in [-0.25, -0.2) is 4.39 Å². The molecule has 0 aliphatic rings. The molecule has 4 nitrogen and oxygen atoms in total. The lowest BCUT2D eigenvalue weighted by Gasteiger charge is -1.93. The summed E-state index contributed by atoms with van der Waals surface area (Å²) < 4.78 is 14.9. The van der Waals surface area contributed by atoms with Crippen LogP contribution in [0.25, 0.3) is 22.4 Å². The van der Waals surface area contributed by atoms with Gasteiger partial charge in [0.2, 0.25) is 4.96 Å². The molecule has 3 aromatic heterocycles. The fourth-order valence-electron chi connectivity index (χ4n) is 2.21. The molecule has 3 heterocycles. The average molecular weight is 343 g/mol. The van der Waals surface area contributed by atoms with Gasteiger partial charge in [-0.3, -0.25) is 4.79 Å². The van der Waals surface area contributed by atoms with Crippen molar-refractivity contribution in [2.24, 2.45) is 0 Å². The van der Waals surface area contributed by atoms with Crippen LogP contribution in [0.4, 0.5) is 4.39 Å². The van der Waals surface area contributed by atoms with Gasteiger partial charge in [-0.05, 0) is 54.3 Å². The SMILES string of the molecule is Cc1ccsc1/C=c1/sc2nc(-c3ccc(F)cc3)nn2c1=O. The van der Waals surface area contributed by atoms with Crippen LogP contribution in [0.3, 0.4) is 0 Å². The van der Waals surface area contributed by atoms with E-state index in [1.807, 2.05) is 24.4 Å². The Morgan fingerprint density at radius 3 is 2.65 bits per heavy atom. The zero-order chi connectivity index (χ0) is 16.0. The van der Waals surface area contributed by atoms with Crippen molar-refractivity contribution in [3.63, 3.8) is 0 Å². The third-order valence-corrected chi connectivity index (χ3v) is 5.37. The molecular weight excluding hydrogens is 333 g/mol. The fraction of sp³-hybridized carbons (Fsp3) is 0.0625. The Kier molecular flexibility index (Phi) is 3.32. The van der Waals surface area contributed by atoms with Crippen molar-refractivity contribution in [3.8, 4) is 11.4 Å². The van der Waals surface area contributed by atoms with Crippen molar-refractivity contribution in [1.82, 2.24) is 14.6 Å². The molecule has 0 atom stereocenters. The first-order valence-electron chi connectivity index (χ1n) is 6.83. The quantitative estimate of drug-likeness (QED) is 0.562. The van der Waals surface area contributed by atoms with E-state index in [1.54, 1.807) is 23.5 Å². The molecular formula is C16H10FN3OS2. The molecule has 0 saturated heterocycles. The van der Waals surface area contributed by atoms with E-state index in [2.05, 4.69) is 10.1 Å². The highest BCUT2D eigenvalue weighted by molar-refractivity contribution is 7.15. The van der Waals surface area contributed by atoms with Crippen LogP contribution in [0.5, 0.6) is 0 Å². The monoisotopic (exact) mass is 343 g/mol. The molecule has 0 bridgehead atoms. The first-order valence-corrected chi connectivity index (χ1v) is 8.53. The van der Waals surface area contributed by atoms with Gasteiger partial charge in [0.25, 0.3) is 5.56 Å². The van der Waals surface area contributed by atoms with Crippen molar-refractivity contribution in [3.05, 3.63) is 66.9 Å². The standard InChI is InChI=1S/C16H10FN3OS2/c1-9-6-7-22-12(9)8-13-15(21)20-16(23-13)18-14(19-20)10-2-4-11(17)5-3-10/h2-8H,1H3/b13-8+. The topological polar surface area (TPSA) is 47.3 Å². The van der Waals surface area contributed by atoms with Gasteiger partial charge in [-0.1, -0.05) is 11.3 Å². The highest BCUT2D eigenvalue weighted by Crippen LogP contribution is 2.18. The molecule has 0 aliphatic carbocycles. The van der Waals surface area contributed by atoms with E-state index >= 15 is 0 Å². The van der Waals surface area contributed by atoms with Gasteiger partial charge >= 0.3 is 0 Å². The molecule has 0 aliphatic heterocycles. The summed E-state index contributed by atoms with van der Waals surface area (Å²) in [6, 6.07) is 7.91. The third-order valence-electron chi connectivity index (χ3n) is 3.45. The third kappa shape index (κ3) is 2.47. The second kappa shape index (κ2) is 5.36. The lowest BCUT2D eigenvalue weighted by molar-refractivity contribution is 0.628. The smallest absolute Gasteiger partial charge is 0.266 e. The highest BCUT2D eigenvalue weighted by Gasteiger charge is 2.12. The van der Waals surface area contributed by atoms with Crippen molar-refractivity contribution in [2.45, 2.75) is 6.92 Å². The van der Waals surface area contributed by atoms with Gasteiger partial charge in [0.05, 0.1) is 4.53 Å². The number of fused-ring (bicyclic) bond motifs is 1. The van der Waals surface area contributed by atoms with E-state index in [4.69, 9.17) is 0 Å². The zero-order valence-corrected chi connectivity index (χ0v) is 13.6. The molecule has 0 radical (unpaired) electrons. The normalized spacial score (nSPS) is 12.3. The van der Waals surface area contributed by atoms with Gasteiger partial charge in [-0.15, -0.1) is 16.4 Å². The van der Waals surface area contributed by atoms with Gasteiger partial charge in [0, 0.05) is 10.4 Å². The Bertz CT molecular complexity index is 1110. The lowest BCUT2D eigenvalue weighted by atomic mass is 10.2. The Morgan fingerprint density at radius 1 is 1.22 bits per heavy atom. The van der Waals surface area contributed by atoms with Crippen molar-refractivity contribution >= 4 is 33.7 Å². The van der Waals surface area contributed by atoms with Crippen LogP contribution in [-0.4, -0.2) is 14.6 Å². The van der Waals surface area contributed by atoms with E-state index < -0.39 is 0 Å². The summed E-state index contributed by atoms with van der Waals surface area (Å²) in [6.45, 7) is 2.01. The second-order valence-electron chi connectivity index (χ2n) is 5.02. The first-order chi connectivity index (χ1) is 11.1. The molecule has 0 N–H and O–H groups in total. The maximum absolute atomic E-state index is 13.0.